The van der Waals surface area contributed by atoms with Gasteiger partial charge in [0.2, 0.25) is 0 Å². The zero-order valence-corrected chi connectivity index (χ0v) is 9.43. The number of benzene rings is 1. The summed E-state index contributed by atoms with van der Waals surface area (Å²) in [5.41, 5.74) is 0.843. The second kappa shape index (κ2) is 4.78. The molecule has 1 aromatic heterocycles. The standard InChI is InChI=1S/C12H13N3O2/c1-8-14-10-5-3-2-4-9(10)12(15-8)13-7-6-11(16)17/h2-5H,6-7H2,1H3,(H,16,17)(H,13,14,15)/p-1. The number of nitrogens with zero attached hydrogens (tertiary/aromatic N) is 2. The van der Waals surface area contributed by atoms with E-state index in [1.54, 1.807) is 6.92 Å². The van der Waals surface area contributed by atoms with Gasteiger partial charge in [0.1, 0.15) is 11.6 Å². The molecule has 1 N–H and O–H groups in total. The number of carboxylic acids is 1. The predicted octanol–water partition coefficient (Wildman–Crippen LogP) is 0.490. The van der Waals surface area contributed by atoms with Crippen molar-refractivity contribution in [2.75, 3.05) is 11.9 Å². The number of carboxylic acid groups (broad SMARTS) is 1. The van der Waals surface area contributed by atoms with E-state index in [-0.39, 0.29) is 6.42 Å². The van der Waals surface area contributed by atoms with Gasteiger partial charge in [0, 0.05) is 24.3 Å². The Labute approximate surface area is 98.5 Å². The van der Waals surface area contributed by atoms with E-state index in [4.69, 9.17) is 0 Å². The summed E-state index contributed by atoms with van der Waals surface area (Å²) in [7, 11) is 0. The van der Waals surface area contributed by atoms with Gasteiger partial charge in [-0.2, -0.15) is 0 Å². The first-order valence-corrected chi connectivity index (χ1v) is 5.34. The van der Waals surface area contributed by atoms with Crippen molar-refractivity contribution in [2.45, 2.75) is 13.3 Å². The van der Waals surface area contributed by atoms with Crippen molar-refractivity contribution in [2.24, 2.45) is 0 Å². The molecule has 0 aliphatic heterocycles. The number of rotatable bonds is 4. The van der Waals surface area contributed by atoms with Gasteiger partial charge in [-0.05, 0) is 19.1 Å². The van der Waals surface area contributed by atoms with Crippen molar-refractivity contribution in [3.05, 3.63) is 30.1 Å². The lowest BCUT2D eigenvalue weighted by Gasteiger charge is -2.09. The van der Waals surface area contributed by atoms with Crippen molar-refractivity contribution in [3.8, 4) is 0 Å². The quantitative estimate of drug-likeness (QED) is 0.827. The molecule has 1 heterocycles. The summed E-state index contributed by atoms with van der Waals surface area (Å²) < 4.78 is 0. The molecule has 0 bridgehead atoms. The van der Waals surface area contributed by atoms with Crippen LogP contribution in [-0.2, 0) is 4.79 Å². The molecule has 0 atom stereocenters. The maximum Gasteiger partial charge on any atom is 0.137 e. The van der Waals surface area contributed by atoms with Gasteiger partial charge in [-0.15, -0.1) is 0 Å². The topological polar surface area (TPSA) is 77.9 Å². The summed E-state index contributed by atoms with van der Waals surface area (Å²) >= 11 is 0. The minimum atomic E-state index is -1.08. The molecule has 5 nitrogen and oxygen atoms in total. The van der Waals surface area contributed by atoms with Gasteiger partial charge < -0.3 is 15.2 Å². The molecule has 0 saturated heterocycles. The fourth-order valence-corrected chi connectivity index (χ4v) is 1.61. The van der Waals surface area contributed by atoms with Gasteiger partial charge in [0.15, 0.2) is 0 Å². The highest BCUT2D eigenvalue weighted by atomic mass is 16.4. The van der Waals surface area contributed by atoms with Crippen LogP contribution in [0, 0.1) is 6.92 Å². The highest BCUT2D eigenvalue weighted by Crippen LogP contribution is 2.19. The van der Waals surface area contributed by atoms with E-state index in [2.05, 4.69) is 15.3 Å². The van der Waals surface area contributed by atoms with Gasteiger partial charge in [-0.25, -0.2) is 9.97 Å². The normalized spacial score (nSPS) is 10.4. The van der Waals surface area contributed by atoms with Crippen LogP contribution in [-0.4, -0.2) is 22.5 Å². The first-order chi connectivity index (χ1) is 8.16. The number of aliphatic carboxylic acids is 1. The summed E-state index contributed by atoms with van der Waals surface area (Å²) in [6, 6.07) is 7.59. The van der Waals surface area contributed by atoms with Crippen LogP contribution < -0.4 is 10.4 Å². The largest absolute Gasteiger partial charge is 0.550 e. The lowest BCUT2D eigenvalue weighted by Crippen LogP contribution is -2.25. The number of para-hydroxylation sites is 1. The molecule has 88 valence electrons. The predicted molar refractivity (Wildman–Crippen MR) is 62.4 cm³/mol. The van der Waals surface area contributed by atoms with Crippen LogP contribution in [0.15, 0.2) is 24.3 Å². The Morgan fingerprint density at radius 3 is 2.88 bits per heavy atom. The van der Waals surface area contributed by atoms with Crippen molar-refractivity contribution < 1.29 is 9.90 Å². The number of anilines is 1. The second-order valence-electron chi connectivity index (χ2n) is 3.69. The average Bonchev–Trinajstić information content (AvgIpc) is 2.28. The van der Waals surface area contributed by atoms with Crippen LogP contribution in [0.3, 0.4) is 0 Å². The van der Waals surface area contributed by atoms with Crippen LogP contribution in [0.1, 0.15) is 12.2 Å². The second-order valence-corrected chi connectivity index (χ2v) is 3.69. The third-order valence-corrected chi connectivity index (χ3v) is 2.34. The Kier molecular flexibility index (Phi) is 3.18. The summed E-state index contributed by atoms with van der Waals surface area (Å²) in [5.74, 6) is 0.238. The first kappa shape index (κ1) is 11.3. The van der Waals surface area contributed by atoms with Gasteiger partial charge in [-0.1, -0.05) is 12.1 Å². The average molecular weight is 230 g/mol. The van der Waals surface area contributed by atoms with Gasteiger partial charge in [0.25, 0.3) is 0 Å². The van der Waals surface area contributed by atoms with Crippen molar-refractivity contribution in [3.63, 3.8) is 0 Å². The molecule has 17 heavy (non-hydrogen) atoms. The third-order valence-electron chi connectivity index (χ3n) is 2.34. The molecule has 0 unspecified atom stereocenters. The van der Waals surface area contributed by atoms with E-state index < -0.39 is 5.97 Å². The molecule has 0 fully saturated rings. The smallest absolute Gasteiger partial charge is 0.137 e. The molecule has 0 radical (unpaired) electrons. The first-order valence-electron chi connectivity index (χ1n) is 5.34. The Bertz CT molecular complexity index is 554. The molecule has 0 amide bonds. The summed E-state index contributed by atoms with van der Waals surface area (Å²) in [5, 5.41) is 14.2. The van der Waals surface area contributed by atoms with E-state index in [1.807, 2.05) is 24.3 Å². The Morgan fingerprint density at radius 2 is 2.12 bits per heavy atom. The number of carbonyl (C=O) groups excluding carboxylic acids is 1. The van der Waals surface area contributed by atoms with Gasteiger partial charge in [-0.3, -0.25) is 0 Å². The van der Waals surface area contributed by atoms with Crippen LogP contribution in [0.25, 0.3) is 10.9 Å². The lowest BCUT2D eigenvalue weighted by molar-refractivity contribution is -0.305. The molecule has 0 aliphatic carbocycles. The molecule has 1 aromatic carbocycles. The fourth-order valence-electron chi connectivity index (χ4n) is 1.61. The number of nitrogens with one attached hydrogen (secondary N) is 1. The molecule has 0 spiro atoms. The minimum absolute atomic E-state index is 0.0443. The van der Waals surface area contributed by atoms with E-state index in [9.17, 15) is 9.90 Å². The van der Waals surface area contributed by atoms with Crippen LogP contribution in [0.5, 0.6) is 0 Å². The Morgan fingerprint density at radius 1 is 1.35 bits per heavy atom. The van der Waals surface area contributed by atoms with Crippen LogP contribution >= 0.6 is 0 Å². The van der Waals surface area contributed by atoms with Crippen molar-refractivity contribution >= 4 is 22.7 Å². The molecular formula is C12H12N3O2-. The Balaban J connectivity index is 2.29. The molecule has 2 aromatic rings. The SMILES string of the molecule is Cc1nc(NCCC(=O)[O-])c2ccccc2n1. The number of fused-ring (bicyclic) bond motifs is 1. The summed E-state index contributed by atoms with van der Waals surface area (Å²) in [6.07, 6.45) is -0.0443. The van der Waals surface area contributed by atoms with E-state index in [1.165, 1.54) is 0 Å². The van der Waals surface area contributed by atoms with Crippen LogP contribution in [0.4, 0.5) is 5.82 Å². The molecule has 2 rings (SSSR count). The van der Waals surface area contributed by atoms with Gasteiger partial charge >= 0.3 is 0 Å². The molecule has 0 saturated carbocycles. The highest BCUT2D eigenvalue weighted by molar-refractivity contribution is 5.89. The van der Waals surface area contributed by atoms with Gasteiger partial charge in [0.05, 0.1) is 5.52 Å². The Hall–Kier alpha value is -2.17. The maximum absolute atomic E-state index is 10.3. The van der Waals surface area contributed by atoms with E-state index >= 15 is 0 Å². The lowest BCUT2D eigenvalue weighted by atomic mass is 10.2. The zero-order chi connectivity index (χ0) is 12.3. The summed E-state index contributed by atoms with van der Waals surface area (Å²) in [4.78, 5) is 18.9. The fraction of sp³-hybridized carbons (Fsp3) is 0.250. The number of hydrogen-bond donors (Lipinski definition) is 1. The summed E-state index contributed by atoms with van der Waals surface area (Å²) in [6.45, 7) is 2.10. The van der Waals surface area contributed by atoms with Crippen molar-refractivity contribution in [1.82, 2.24) is 9.97 Å². The molecule has 0 aliphatic rings. The zero-order valence-electron chi connectivity index (χ0n) is 9.43. The minimum Gasteiger partial charge on any atom is -0.550 e. The number of hydrogen-bond acceptors (Lipinski definition) is 5. The van der Waals surface area contributed by atoms with Crippen molar-refractivity contribution in [1.29, 1.82) is 0 Å². The highest BCUT2D eigenvalue weighted by Gasteiger charge is 2.04. The van der Waals surface area contributed by atoms with E-state index in [0.717, 1.165) is 10.9 Å². The number of aryl methyl sites for hydroxylation is 1. The molecule has 5 heteroatoms. The molecular weight excluding hydrogens is 218 g/mol. The number of aromatic nitrogens is 2. The van der Waals surface area contributed by atoms with E-state index in [0.29, 0.717) is 18.2 Å². The maximum atomic E-state index is 10.3. The number of carbonyl (C=O) groups is 1. The van der Waals surface area contributed by atoms with Crippen LogP contribution in [0.2, 0.25) is 0 Å². The monoisotopic (exact) mass is 230 g/mol. The third kappa shape index (κ3) is 2.69.